The molecule has 0 saturated carbocycles. The van der Waals surface area contributed by atoms with Crippen molar-refractivity contribution in [2.75, 3.05) is 6.54 Å². The predicted molar refractivity (Wildman–Crippen MR) is 62.5 cm³/mol. The van der Waals surface area contributed by atoms with Crippen molar-refractivity contribution < 1.29 is 0 Å². The van der Waals surface area contributed by atoms with Gasteiger partial charge in [0.25, 0.3) is 5.56 Å². The minimum Gasteiger partial charge on any atom is -0.329 e. The maximum Gasteiger partial charge on any atom is 0.331 e. The molecule has 0 radical (unpaired) electrons. The second kappa shape index (κ2) is 3.94. The smallest absolute Gasteiger partial charge is 0.329 e. The number of nitrogens with two attached hydrogens (primary N) is 1. The van der Waals surface area contributed by atoms with Crippen molar-refractivity contribution in [3.63, 3.8) is 0 Å². The van der Waals surface area contributed by atoms with Crippen LogP contribution >= 0.6 is 0 Å². The van der Waals surface area contributed by atoms with E-state index in [9.17, 15) is 9.59 Å². The van der Waals surface area contributed by atoms with E-state index in [-0.39, 0.29) is 11.2 Å². The molecule has 1 aromatic carbocycles. The Labute approximate surface area is 91.7 Å². The molecule has 5 heteroatoms. The van der Waals surface area contributed by atoms with Crippen LogP contribution in [0.25, 0.3) is 10.9 Å². The van der Waals surface area contributed by atoms with E-state index in [0.29, 0.717) is 24.0 Å². The van der Waals surface area contributed by atoms with E-state index in [1.165, 1.54) is 11.6 Å². The van der Waals surface area contributed by atoms with Gasteiger partial charge in [-0.2, -0.15) is 0 Å². The normalized spacial score (nSPS) is 10.9. The Kier molecular flexibility index (Phi) is 2.62. The summed E-state index contributed by atoms with van der Waals surface area (Å²) >= 11 is 0. The monoisotopic (exact) mass is 219 g/mol. The minimum absolute atomic E-state index is 0.270. The first-order chi connectivity index (χ1) is 7.66. The summed E-state index contributed by atoms with van der Waals surface area (Å²) in [5.74, 6) is 0. The molecule has 0 aliphatic carbocycles. The van der Waals surface area contributed by atoms with Crippen molar-refractivity contribution in [3.05, 3.63) is 45.1 Å². The molecule has 0 unspecified atom stereocenters. The Bertz CT molecular complexity index is 640. The Hall–Kier alpha value is -1.88. The van der Waals surface area contributed by atoms with Crippen molar-refractivity contribution in [2.45, 2.75) is 6.54 Å². The van der Waals surface area contributed by atoms with Crippen molar-refractivity contribution >= 4 is 10.9 Å². The van der Waals surface area contributed by atoms with Gasteiger partial charge in [0.15, 0.2) is 0 Å². The van der Waals surface area contributed by atoms with Crippen molar-refractivity contribution in [1.82, 2.24) is 9.13 Å². The molecule has 0 amide bonds. The second-order valence-electron chi connectivity index (χ2n) is 3.60. The van der Waals surface area contributed by atoms with Crippen LogP contribution in [0.3, 0.4) is 0 Å². The lowest BCUT2D eigenvalue weighted by Gasteiger charge is -2.10. The molecule has 0 fully saturated rings. The summed E-state index contributed by atoms with van der Waals surface area (Å²) in [6, 6.07) is 7.05. The van der Waals surface area contributed by atoms with E-state index in [4.69, 9.17) is 5.73 Å². The Morgan fingerprint density at radius 1 is 1.25 bits per heavy atom. The summed E-state index contributed by atoms with van der Waals surface area (Å²) in [6.07, 6.45) is 0. The van der Waals surface area contributed by atoms with E-state index >= 15 is 0 Å². The molecule has 0 bridgehead atoms. The highest BCUT2D eigenvalue weighted by Gasteiger charge is 2.08. The van der Waals surface area contributed by atoms with Gasteiger partial charge in [-0.3, -0.25) is 13.9 Å². The van der Waals surface area contributed by atoms with Crippen LogP contribution in [0, 0.1) is 0 Å². The quantitative estimate of drug-likeness (QED) is 0.751. The summed E-state index contributed by atoms with van der Waals surface area (Å²) in [5.41, 5.74) is 5.51. The average Bonchev–Trinajstić information content (AvgIpc) is 2.32. The highest BCUT2D eigenvalue weighted by atomic mass is 16.2. The molecule has 0 atom stereocenters. The van der Waals surface area contributed by atoms with E-state index in [0.717, 1.165) is 4.57 Å². The van der Waals surface area contributed by atoms with Crippen molar-refractivity contribution in [3.8, 4) is 0 Å². The maximum absolute atomic E-state index is 11.9. The molecule has 0 aliphatic rings. The first kappa shape index (κ1) is 10.6. The summed E-state index contributed by atoms with van der Waals surface area (Å²) in [6.45, 7) is 0.773. The lowest BCUT2D eigenvalue weighted by Crippen LogP contribution is -2.39. The van der Waals surface area contributed by atoms with Gasteiger partial charge in [0.1, 0.15) is 0 Å². The molecular formula is C11H13N3O2. The van der Waals surface area contributed by atoms with Gasteiger partial charge in [-0.1, -0.05) is 12.1 Å². The van der Waals surface area contributed by atoms with E-state index in [1.54, 1.807) is 24.3 Å². The molecule has 0 spiro atoms. The van der Waals surface area contributed by atoms with Gasteiger partial charge >= 0.3 is 5.69 Å². The summed E-state index contributed by atoms with van der Waals surface area (Å²) in [4.78, 5) is 23.7. The van der Waals surface area contributed by atoms with Crippen LogP contribution in [0.5, 0.6) is 0 Å². The van der Waals surface area contributed by atoms with Crippen LogP contribution in [-0.4, -0.2) is 15.7 Å². The molecule has 5 nitrogen and oxygen atoms in total. The maximum atomic E-state index is 11.9. The fourth-order valence-electron chi connectivity index (χ4n) is 1.79. The molecule has 0 aliphatic heterocycles. The number of fused-ring (bicyclic) bond motifs is 1. The van der Waals surface area contributed by atoms with Crippen LogP contribution in [0.1, 0.15) is 0 Å². The van der Waals surface area contributed by atoms with Gasteiger partial charge in [-0.15, -0.1) is 0 Å². The van der Waals surface area contributed by atoms with E-state index < -0.39 is 0 Å². The molecule has 1 heterocycles. The average molecular weight is 219 g/mol. The summed E-state index contributed by atoms with van der Waals surface area (Å²) in [5, 5.41) is 0.540. The number of para-hydroxylation sites is 1. The number of hydrogen-bond donors (Lipinski definition) is 1. The number of rotatable bonds is 2. The number of aromatic nitrogens is 2. The highest BCUT2D eigenvalue weighted by molar-refractivity contribution is 5.77. The highest BCUT2D eigenvalue weighted by Crippen LogP contribution is 2.06. The zero-order valence-electron chi connectivity index (χ0n) is 9.01. The van der Waals surface area contributed by atoms with Gasteiger partial charge in [0, 0.05) is 20.1 Å². The molecule has 2 rings (SSSR count). The molecule has 2 N–H and O–H groups in total. The van der Waals surface area contributed by atoms with Crippen LogP contribution in [-0.2, 0) is 13.6 Å². The number of hydrogen-bond acceptors (Lipinski definition) is 3. The first-order valence-corrected chi connectivity index (χ1v) is 5.05. The molecule has 2 aromatic rings. The molecule has 0 saturated heterocycles. The number of benzene rings is 1. The van der Waals surface area contributed by atoms with Gasteiger partial charge in [-0.25, -0.2) is 4.79 Å². The van der Waals surface area contributed by atoms with Gasteiger partial charge < -0.3 is 5.73 Å². The van der Waals surface area contributed by atoms with Crippen LogP contribution in [0.4, 0.5) is 0 Å². The minimum atomic E-state index is -0.325. The van der Waals surface area contributed by atoms with Crippen LogP contribution < -0.4 is 17.0 Å². The Balaban J connectivity index is 2.98. The van der Waals surface area contributed by atoms with Crippen molar-refractivity contribution in [2.24, 2.45) is 12.8 Å². The molecule has 84 valence electrons. The third-order valence-corrected chi connectivity index (χ3v) is 2.60. The predicted octanol–water partition coefficient (Wildman–Crippen LogP) is -0.341. The zero-order valence-corrected chi connectivity index (χ0v) is 9.01. The lowest BCUT2D eigenvalue weighted by atomic mass is 10.2. The van der Waals surface area contributed by atoms with Gasteiger partial charge in [0.2, 0.25) is 0 Å². The van der Waals surface area contributed by atoms with E-state index in [1.807, 2.05) is 0 Å². The third-order valence-electron chi connectivity index (χ3n) is 2.60. The Morgan fingerprint density at radius 3 is 2.62 bits per heavy atom. The topological polar surface area (TPSA) is 70.0 Å². The SMILES string of the molecule is Cn1c(=O)c2ccccc2n(CCN)c1=O. The standard InChI is InChI=1S/C11H13N3O2/c1-13-10(15)8-4-2-3-5-9(8)14(7-6-12)11(13)16/h2-5H,6-7,12H2,1H3. The number of nitrogens with zero attached hydrogens (tertiary/aromatic N) is 2. The third kappa shape index (κ3) is 1.45. The fourth-order valence-corrected chi connectivity index (χ4v) is 1.79. The van der Waals surface area contributed by atoms with E-state index in [2.05, 4.69) is 0 Å². The Morgan fingerprint density at radius 2 is 1.94 bits per heavy atom. The van der Waals surface area contributed by atoms with Crippen molar-refractivity contribution in [1.29, 1.82) is 0 Å². The summed E-state index contributed by atoms with van der Waals surface area (Å²) in [7, 11) is 1.48. The van der Waals surface area contributed by atoms with Crippen LogP contribution in [0.15, 0.2) is 33.9 Å². The fraction of sp³-hybridized carbons (Fsp3) is 0.273. The summed E-state index contributed by atoms with van der Waals surface area (Å²) < 4.78 is 2.63. The first-order valence-electron chi connectivity index (χ1n) is 5.05. The largest absolute Gasteiger partial charge is 0.331 e. The lowest BCUT2D eigenvalue weighted by molar-refractivity contribution is 0.632. The molecular weight excluding hydrogens is 206 g/mol. The van der Waals surface area contributed by atoms with Crippen LogP contribution in [0.2, 0.25) is 0 Å². The second-order valence-corrected chi connectivity index (χ2v) is 3.60. The zero-order chi connectivity index (χ0) is 11.7. The molecule has 16 heavy (non-hydrogen) atoms. The van der Waals surface area contributed by atoms with Gasteiger partial charge in [-0.05, 0) is 12.1 Å². The molecule has 1 aromatic heterocycles. The van der Waals surface area contributed by atoms with Gasteiger partial charge in [0.05, 0.1) is 10.9 Å².